The normalized spacial score (nSPS) is 11.4. The Morgan fingerprint density at radius 3 is 2.22 bits per heavy atom. The van der Waals surface area contributed by atoms with Gasteiger partial charge in [0, 0.05) is 16.5 Å². The van der Waals surface area contributed by atoms with Crippen molar-refractivity contribution in [3.8, 4) is 34.3 Å². The van der Waals surface area contributed by atoms with Gasteiger partial charge in [-0.15, -0.1) is 11.3 Å². The molecule has 3 aromatic rings. The molecule has 0 spiro atoms. The van der Waals surface area contributed by atoms with Crippen LogP contribution in [0.1, 0.15) is 16.8 Å². The molecule has 3 rings (SSSR count). The number of methoxy groups -OCH3 is 4. The van der Waals surface area contributed by atoms with Gasteiger partial charge in [-0.25, -0.2) is 4.98 Å². The Morgan fingerprint density at radius 1 is 1.00 bits per heavy atom. The van der Waals surface area contributed by atoms with Crippen LogP contribution >= 0.6 is 23.1 Å². The van der Waals surface area contributed by atoms with Crippen LogP contribution in [0.5, 0.6) is 23.0 Å². The Morgan fingerprint density at radius 2 is 1.67 bits per heavy atom. The standard InChI is InChI=1S/C25H29N3O6S2/c1-31-17-8-6-15(7-9-17)19-14-36-25(27-19)28-24(30)18(10-11-35-5)26-23(29)16-12-20(32-2)22(34-4)21(13-16)33-3/h6-9,12-14,18H,10-11H2,1-5H3,(H,26,29)(H,27,28,30). The van der Waals surface area contributed by atoms with Crippen LogP contribution < -0.4 is 29.6 Å². The predicted molar refractivity (Wildman–Crippen MR) is 143 cm³/mol. The van der Waals surface area contributed by atoms with Crippen LogP contribution in [0, 0.1) is 0 Å². The number of aromatic nitrogens is 1. The van der Waals surface area contributed by atoms with Crippen LogP contribution in [0.3, 0.4) is 0 Å². The summed E-state index contributed by atoms with van der Waals surface area (Å²) in [7, 11) is 6.05. The van der Waals surface area contributed by atoms with E-state index in [-0.39, 0.29) is 11.5 Å². The lowest BCUT2D eigenvalue weighted by atomic mass is 10.1. The maximum Gasteiger partial charge on any atom is 0.252 e. The number of rotatable bonds is 12. The molecule has 9 nitrogen and oxygen atoms in total. The van der Waals surface area contributed by atoms with Crippen molar-refractivity contribution in [2.75, 3.05) is 45.8 Å². The number of carbonyl (C=O) groups is 2. The molecular weight excluding hydrogens is 502 g/mol. The van der Waals surface area contributed by atoms with Crippen LogP contribution in [-0.4, -0.2) is 63.3 Å². The van der Waals surface area contributed by atoms with Crippen molar-refractivity contribution in [3.05, 3.63) is 47.3 Å². The maximum absolute atomic E-state index is 13.1. The Balaban J connectivity index is 1.75. The highest BCUT2D eigenvalue weighted by Crippen LogP contribution is 2.38. The topological polar surface area (TPSA) is 108 Å². The average Bonchev–Trinajstić information content (AvgIpc) is 3.38. The lowest BCUT2D eigenvalue weighted by Crippen LogP contribution is -2.44. The summed E-state index contributed by atoms with van der Waals surface area (Å²) in [6, 6.07) is 9.83. The van der Waals surface area contributed by atoms with Gasteiger partial charge >= 0.3 is 0 Å². The van der Waals surface area contributed by atoms with Gasteiger partial charge in [0.1, 0.15) is 11.8 Å². The van der Waals surface area contributed by atoms with Crippen LogP contribution in [0.4, 0.5) is 5.13 Å². The second kappa shape index (κ2) is 13.0. The minimum absolute atomic E-state index is 0.280. The van der Waals surface area contributed by atoms with E-state index in [9.17, 15) is 9.59 Å². The third-order valence-corrected chi connectivity index (χ3v) is 6.68. The summed E-state index contributed by atoms with van der Waals surface area (Å²) in [5.41, 5.74) is 1.92. The van der Waals surface area contributed by atoms with E-state index in [0.29, 0.717) is 34.6 Å². The van der Waals surface area contributed by atoms with Gasteiger partial charge in [0.05, 0.1) is 34.1 Å². The van der Waals surface area contributed by atoms with Gasteiger partial charge in [-0.1, -0.05) is 0 Å². The van der Waals surface area contributed by atoms with E-state index >= 15 is 0 Å². The summed E-state index contributed by atoms with van der Waals surface area (Å²) in [5.74, 6) is 1.73. The van der Waals surface area contributed by atoms with Gasteiger partial charge in [0.2, 0.25) is 11.7 Å². The van der Waals surface area contributed by atoms with E-state index in [2.05, 4.69) is 15.6 Å². The van der Waals surface area contributed by atoms with E-state index in [0.717, 1.165) is 17.0 Å². The maximum atomic E-state index is 13.1. The first-order valence-corrected chi connectivity index (χ1v) is 13.2. The molecular formula is C25H29N3O6S2. The van der Waals surface area contributed by atoms with Gasteiger partial charge < -0.3 is 29.6 Å². The Hall–Kier alpha value is -3.44. The predicted octanol–water partition coefficient (Wildman–Crippen LogP) is 4.33. The van der Waals surface area contributed by atoms with Crippen molar-refractivity contribution in [2.45, 2.75) is 12.5 Å². The minimum atomic E-state index is -0.766. The summed E-state index contributed by atoms with van der Waals surface area (Å²) in [5, 5.41) is 7.97. The lowest BCUT2D eigenvalue weighted by Gasteiger charge is -2.19. The molecule has 2 aromatic carbocycles. The fourth-order valence-corrected chi connectivity index (χ4v) is 4.57. The first-order valence-electron chi connectivity index (χ1n) is 10.9. The lowest BCUT2D eigenvalue weighted by molar-refractivity contribution is -0.118. The van der Waals surface area contributed by atoms with Crippen molar-refractivity contribution < 1.29 is 28.5 Å². The Kier molecular flexibility index (Phi) is 9.83. The van der Waals surface area contributed by atoms with E-state index in [1.54, 1.807) is 31.0 Å². The van der Waals surface area contributed by atoms with Crippen LogP contribution in [-0.2, 0) is 4.79 Å². The summed E-state index contributed by atoms with van der Waals surface area (Å²) >= 11 is 2.90. The fourth-order valence-electron chi connectivity index (χ4n) is 3.38. The van der Waals surface area contributed by atoms with Crippen molar-refractivity contribution in [2.24, 2.45) is 0 Å². The second-order valence-corrected chi connectivity index (χ2v) is 9.32. The third kappa shape index (κ3) is 6.61. The molecule has 192 valence electrons. The molecule has 2 amide bonds. The van der Waals surface area contributed by atoms with Crippen molar-refractivity contribution >= 4 is 40.0 Å². The number of amides is 2. The zero-order valence-corrected chi connectivity index (χ0v) is 22.4. The minimum Gasteiger partial charge on any atom is -0.497 e. The number of carbonyl (C=O) groups excluding carboxylic acids is 2. The largest absolute Gasteiger partial charge is 0.497 e. The van der Waals surface area contributed by atoms with Gasteiger partial charge in [-0.3, -0.25) is 9.59 Å². The zero-order valence-electron chi connectivity index (χ0n) is 20.7. The number of benzene rings is 2. The van der Waals surface area contributed by atoms with Crippen LogP contribution in [0.15, 0.2) is 41.8 Å². The van der Waals surface area contributed by atoms with E-state index in [1.807, 2.05) is 35.9 Å². The molecule has 1 atom stereocenters. The number of hydrogen-bond donors (Lipinski definition) is 2. The SMILES string of the molecule is COc1ccc(-c2csc(NC(=O)C(CCSC)NC(=O)c3cc(OC)c(OC)c(OC)c3)n2)cc1. The summed E-state index contributed by atoms with van der Waals surface area (Å²) in [6.45, 7) is 0. The number of anilines is 1. The van der Waals surface area contributed by atoms with Crippen LogP contribution in [0.25, 0.3) is 11.3 Å². The molecule has 1 unspecified atom stereocenters. The number of hydrogen-bond acceptors (Lipinski definition) is 9. The fraction of sp³-hybridized carbons (Fsp3) is 0.320. The highest BCUT2D eigenvalue weighted by atomic mass is 32.2. The molecule has 0 aliphatic carbocycles. The molecule has 2 N–H and O–H groups in total. The third-order valence-electron chi connectivity index (χ3n) is 5.28. The highest BCUT2D eigenvalue weighted by Gasteiger charge is 2.24. The Labute approximate surface area is 218 Å². The van der Waals surface area contributed by atoms with Gasteiger partial charge in [0.15, 0.2) is 16.6 Å². The summed E-state index contributed by atoms with van der Waals surface area (Å²) < 4.78 is 21.2. The number of thioether (sulfide) groups is 1. The molecule has 0 radical (unpaired) electrons. The highest BCUT2D eigenvalue weighted by molar-refractivity contribution is 7.98. The first-order chi connectivity index (χ1) is 17.4. The van der Waals surface area contributed by atoms with E-state index < -0.39 is 11.9 Å². The van der Waals surface area contributed by atoms with Crippen LogP contribution in [0.2, 0.25) is 0 Å². The number of nitrogens with one attached hydrogen (secondary N) is 2. The molecule has 0 fully saturated rings. The quantitative estimate of drug-likeness (QED) is 0.356. The Bertz CT molecular complexity index is 1160. The zero-order chi connectivity index (χ0) is 26.1. The molecule has 0 aliphatic rings. The molecule has 0 bridgehead atoms. The molecule has 0 saturated carbocycles. The number of thiazole rings is 1. The molecule has 0 aliphatic heterocycles. The summed E-state index contributed by atoms with van der Waals surface area (Å²) in [6.07, 6.45) is 2.39. The van der Waals surface area contributed by atoms with Gasteiger partial charge in [-0.2, -0.15) is 11.8 Å². The summed E-state index contributed by atoms with van der Waals surface area (Å²) in [4.78, 5) is 30.7. The molecule has 0 saturated heterocycles. The average molecular weight is 532 g/mol. The van der Waals surface area contributed by atoms with Gasteiger partial charge in [-0.05, 0) is 54.8 Å². The molecule has 1 aromatic heterocycles. The monoisotopic (exact) mass is 531 g/mol. The van der Waals surface area contributed by atoms with Gasteiger partial charge in [0.25, 0.3) is 5.91 Å². The molecule has 1 heterocycles. The van der Waals surface area contributed by atoms with Crippen molar-refractivity contribution in [3.63, 3.8) is 0 Å². The van der Waals surface area contributed by atoms with Crippen molar-refractivity contribution in [1.82, 2.24) is 10.3 Å². The number of ether oxygens (including phenoxy) is 4. The molecule has 11 heteroatoms. The first kappa shape index (κ1) is 27.2. The molecule has 36 heavy (non-hydrogen) atoms. The van der Waals surface area contributed by atoms with E-state index in [1.165, 1.54) is 32.7 Å². The number of nitrogens with zero attached hydrogens (tertiary/aromatic N) is 1. The second-order valence-electron chi connectivity index (χ2n) is 7.48. The smallest absolute Gasteiger partial charge is 0.252 e. The van der Waals surface area contributed by atoms with E-state index in [4.69, 9.17) is 18.9 Å². The van der Waals surface area contributed by atoms with Crippen molar-refractivity contribution in [1.29, 1.82) is 0 Å².